The monoisotopic (exact) mass is 260 g/mol. The molecule has 2 rings (SSSR count). The van der Waals surface area contributed by atoms with Gasteiger partial charge in [0.2, 0.25) is 0 Å². The number of anilines is 2. The molecule has 0 radical (unpaired) electrons. The molecule has 1 aromatic carbocycles. The number of nitrogens with one attached hydrogen (secondary N) is 1. The van der Waals surface area contributed by atoms with Gasteiger partial charge in [-0.05, 0) is 26.0 Å². The van der Waals surface area contributed by atoms with Gasteiger partial charge in [-0.3, -0.25) is 4.68 Å². The van der Waals surface area contributed by atoms with Crippen molar-refractivity contribution >= 4 is 28.6 Å². The van der Waals surface area contributed by atoms with Gasteiger partial charge in [-0.2, -0.15) is 5.10 Å². The third-order valence-corrected chi connectivity index (χ3v) is 2.90. The van der Waals surface area contributed by atoms with Crippen LogP contribution in [0.25, 0.3) is 0 Å². The van der Waals surface area contributed by atoms with E-state index in [-0.39, 0.29) is 0 Å². The Kier molecular flexibility index (Phi) is 3.62. The summed E-state index contributed by atoms with van der Waals surface area (Å²) in [5.41, 5.74) is 9.56. The molecule has 0 aliphatic rings. The van der Waals surface area contributed by atoms with Crippen molar-refractivity contribution in [3.05, 3.63) is 41.7 Å². The van der Waals surface area contributed by atoms with Crippen LogP contribution in [0.2, 0.25) is 0 Å². The minimum atomic E-state index is 0.393. The fourth-order valence-corrected chi connectivity index (χ4v) is 1.90. The molecule has 0 unspecified atom stereocenters. The second-order valence-corrected chi connectivity index (χ2v) is 4.56. The van der Waals surface area contributed by atoms with Crippen molar-refractivity contribution in [1.29, 1.82) is 0 Å². The molecule has 18 heavy (non-hydrogen) atoms. The van der Waals surface area contributed by atoms with Crippen molar-refractivity contribution in [3.63, 3.8) is 0 Å². The van der Waals surface area contributed by atoms with Crippen molar-refractivity contribution in [1.82, 2.24) is 9.78 Å². The van der Waals surface area contributed by atoms with Crippen LogP contribution in [0.15, 0.2) is 30.6 Å². The van der Waals surface area contributed by atoms with E-state index in [4.69, 9.17) is 18.0 Å². The number of nitrogens with two attached hydrogens (primary N) is 1. The van der Waals surface area contributed by atoms with Gasteiger partial charge >= 0.3 is 0 Å². The quantitative estimate of drug-likeness (QED) is 0.830. The number of nitrogens with zero attached hydrogens (tertiary/aromatic N) is 2. The maximum Gasteiger partial charge on any atom is 0.106 e. The van der Waals surface area contributed by atoms with Gasteiger partial charge in [0.05, 0.1) is 11.9 Å². The zero-order chi connectivity index (χ0) is 13.1. The topological polar surface area (TPSA) is 55.9 Å². The summed E-state index contributed by atoms with van der Waals surface area (Å²) >= 11 is 5.07. The van der Waals surface area contributed by atoms with Gasteiger partial charge in [-0.1, -0.05) is 23.8 Å². The second kappa shape index (κ2) is 5.18. The van der Waals surface area contributed by atoms with E-state index in [1.54, 1.807) is 6.20 Å². The highest BCUT2D eigenvalue weighted by molar-refractivity contribution is 7.80. The van der Waals surface area contributed by atoms with E-state index < -0.39 is 0 Å². The van der Waals surface area contributed by atoms with Crippen LogP contribution < -0.4 is 11.1 Å². The highest BCUT2D eigenvalue weighted by Gasteiger charge is 2.06. The molecule has 0 saturated heterocycles. The Morgan fingerprint density at radius 2 is 2.28 bits per heavy atom. The molecule has 5 heteroatoms. The van der Waals surface area contributed by atoms with Crippen molar-refractivity contribution in [3.8, 4) is 0 Å². The van der Waals surface area contributed by atoms with E-state index in [9.17, 15) is 0 Å². The maximum atomic E-state index is 5.74. The third kappa shape index (κ3) is 2.68. The smallest absolute Gasteiger partial charge is 0.106 e. The largest absolute Gasteiger partial charge is 0.389 e. The van der Waals surface area contributed by atoms with Crippen molar-refractivity contribution in [2.75, 3.05) is 5.32 Å². The number of hydrogen-bond acceptors (Lipinski definition) is 3. The summed E-state index contributed by atoms with van der Waals surface area (Å²) in [4.78, 5) is 0.393. The molecule has 0 bridgehead atoms. The molecule has 4 nitrogen and oxygen atoms in total. The van der Waals surface area contributed by atoms with Crippen LogP contribution in [0.3, 0.4) is 0 Å². The molecule has 1 aromatic heterocycles. The first-order valence-corrected chi connectivity index (χ1v) is 6.21. The molecular formula is C13H16N4S. The summed E-state index contributed by atoms with van der Waals surface area (Å²) in [6, 6.07) is 5.98. The summed E-state index contributed by atoms with van der Waals surface area (Å²) in [5, 5.41) is 7.50. The van der Waals surface area contributed by atoms with E-state index in [0.29, 0.717) is 4.99 Å². The minimum absolute atomic E-state index is 0.393. The molecule has 0 fully saturated rings. The van der Waals surface area contributed by atoms with Crippen LogP contribution in [0.5, 0.6) is 0 Å². The fraction of sp³-hybridized carbons (Fsp3) is 0.231. The normalized spacial score (nSPS) is 10.3. The average molecular weight is 260 g/mol. The lowest BCUT2D eigenvalue weighted by molar-refractivity contribution is 0.660. The number of benzene rings is 1. The Morgan fingerprint density at radius 3 is 2.89 bits per heavy atom. The van der Waals surface area contributed by atoms with E-state index in [0.717, 1.165) is 29.0 Å². The molecule has 3 N–H and O–H groups in total. The summed E-state index contributed by atoms with van der Waals surface area (Å²) in [6.45, 7) is 4.90. The van der Waals surface area contributed by atoms with Crippen LogP contribution in [-0.4, -0.2) is 14.8 Å². The molecule has 0 amide bonds. The number of aryl methyl sites for hydroxylation is 2. The molecule has 2 aromatic rings. The standard InChI is InChI=1S/C13H16N4S/c1-3-17-8-10(7-15-17)16-12-5-4-9(2)6-11(12)13(14)18/h4-8,16H,3H2,1-2H3,(H2,14,18). The lowest BCUT2D eigenvalue weighted by atomic mass is 10.1. The van der Waals surface area contributed by atoms with E-state index in [1.165, 1.54) is 0 Å². The van der Waals surface area contributed by atoms with Crippen molar-refractivity contribution in [2.45, 2.75) is 20.4 Å². The highest BCUT2D eigenvalue weighted by Crippen LogP contribution is 2.21. The fourth-order valence-electron chi connectivity index (χ4n) is 1.73. The second-order valence-electron chi connectivity index (χ2n) is 4.12. The zero-order valence-corrected chi connectivity index (χ0v) is 11.3. The number of hydrogen-bond donors (Lipinski definition) is 2. The predicted octanol–water partition coefficient (Wildman–Crippen LogP) is 2.59. The Morgan fingerprint density at radius 1 is 1.50 bits per heavy atom. The van der Waals surface area contributed by atoms with Crippen molar-refractivity contribution < 1.29 is 0 Å². The number of aromatic nitrogens is 2. The van der Waals surface area contributed by atoms with E-state index in [1.807, 2.05) is 42.9 Å². The Labute approximate surface area is 112 Å². The van der Waals surface area contributed by atoms with Crippen LogP contribution in [0.4, 0.5) is 11.4 Å². The van der Waals surface area contributed by atoms with Crippen LogP contribution in [-0.2, 0) is 6.54 Å². The molecule has 0 spiro atoms. The minimum Gasteiger partial charge on any atom is -0.389 e. The highest BCUT2D eigenvalue weighted by atomic mass is 32.1. The summed E-state index contributed by atoms with van der Waals surface area (Å²) < 4.78 is 1.86. The van der Waals surface area contributed by atoms with Gasteiger partial charge in [0.25, 0.3) is 0 Å². The molecule has 1 heterocycles. The molecule has 0 atom stereocenters. The third-order valence-electron chi connectivity index (χ3n) is 2.68. The first-order chi connectivity index (χ1) is 8.60. The Balaban J connectivity index is 2.30. The molecule has 94 valence electrons. The van der Waals surface area contributed by atoms with E-state index in [2.05, 4.69) is 10.4 Å². The van der Waals surface area contributed by atoms with E-state index >= 15 is 0 Å². The van der Waals surface area contributed by atoms with Gasteiger partial charge in [0.15, 0.2) is 0 Å². The first-order valence-electron chi connectivity index (χ1n) is 5.80. The average Bonchev–Trinajstić information content (AvgIpc) is 2.79. The lowest BCUT2D eigenvalue weighted by Crippen LogP contribution is -2.12. The molecule has 0 aliphatic carbocycles. The maximum absolute atomic E-state index is 5.74. The summed E-state index contributed by atoms with van der Waals surface area (Å²) in [7, 11) is 0. The van der Waals surface area contributed by atoms with Crippen molar-refractivity contribution in [2.24, 2.45) is 5.73 Å². The zero-order valence-electron chi connectivity index (χ0n) is 10.5. The summed E-state index contributed by atoms with van der Waals surface area (Å²) in [6.07, 6.45) is 3.73. The van der Waals surface area contributed by atoms with Gasteiger partial charge in [-0.15, -0.1) is 0 Å². The van der Waals surface area contributed by atoms with Gasteiger partial charge in [0.1, 0.15) is 4.99 Å². The van der Waals surface area contributed by atoms with Gasteiger partial charge in [-0.25, -0.2) is 0 Å². The van der Waals surface area contributed by atoms with Crippen LogP contribution in [0, 0.1) is 6.92 Å². The number of thiocarbonyl (C=S) groups is 1. The predicted molar refractivity (Wildman–Crippen MR) is 78.3 cm³/mol. The summed E-state index contributed by atoms with van der Waals surface area (Å²) in [5.74, 6) is 0. The molecular weight excluding hydrogens is 244 g/mol. The number of rotatable bonds is 4. The molecule has 0 aliphatic heterocycles. The SMILES string of the molecule is CCn1cc(Nc2ccc(C)cc2C(N)=S)cn1. The van der Waals surface area contributed by atoms with Crippen LogP contribution in [0.1, 0.15) is 18.1 Å². The van der Waals surface area contributed by atoms with Crippen LogP contribution >= 0.6 is 12.2 Å². The molecule has 0 saturated carbocycles. The van der Waals surface area contributed by atoms with Gasteiger partial charge in [0, 0.05) is 24.0 Å². The Bertz CT molecular complexity index is 574. The van der Waals surface area contributed by atoms with Gasteiger partial charge < -0.3 is 11.1 Å². The Hall–Kier alpha value is -1.88. The lowest BCUT2D eigenvalue weighted by Gasteiger charge is -2.10. The first kappa shape index (κ1) is 12.6.